The number of allylic oxidation sites excluding steroid dienone is 3. The van der Waals surface area contributed by atoms with Gasteiger partial charge in [-0.3, -0.25) is 9.59 Å². The van der Waals surface area contributed by atoms with Crippen LogP contribution in [0.1, 0.15) is 85.0 Å². The highest BCUT2D eigenvalue weighted by atomic mass is 16.6. The summed E-state index contributed by atoms with van der Waals surface area (Å²) >= 11 is 0. The van der Waals surface area contributed by atoms with E-state index in [4.69, 9.17) is 14.2 Å². The number of Topliss-reactive ketones (excluding diaryl/α,β-unsaturated/α-hetero) is 1. The maximum Gasteiger partial charge on any atom is 0.343 e. The first-order valence-corrected chi connectivity index (χ1v) is 15.7. The molecule has 232 valence electrons. The van der Waals surface area contributed by atoms with Crippen molar-refractivity contribution in [1.29, 1.82) is 0 Å². The summed E-state index contributed by atoms with van der Waals surface area (Å²) in [4.78, 5) is 38.7. The van der Waals surface area contributed by atoms with Gasteiger partial charge in [-0.15, -0.1) is 0 Å². The SMILES string of the molecule is CC.C[C@@H]1CC2C3CC=C4C=C(OC(=O)c5ccccc5)C=CC4(C)C34OC4CC2(C)[C@@]1(O)C(=O)COC(=O)C(C)(C)C. The van der Waals surface area contributed by atoms with Crippen molar-refractivity contribution in [2.45, 2.75) is 92.0 Å². The lowest BCUT2D eigenvalue weighted by molar-refractivity contribution is -0.173. The van der Waals surface area contributed by atoms with E-state index in [1.54, 1.807) is 45.0 Å². The molecule has 3 fully saturated rings. The topological polar surface area (TPSA) is 102 Å². The van der Waals surface area contributed by atoms with Gasteiger partial charge in [0.05, 0.1) is 17.1 Å². The average molecular weight is 591 g/mol. The lowest BCUT2D eigenvalue weighted by Gasteiger charge is -2.54. The summed E-state index contributed by atoms with van der Waals surface area (Å²) in [5, 5.41) is 12.1. The number of ether oxygens (including phenoxy) is 3. The van der Waals surface area contributed by atoms with Crippen LogP contribution in [0.4, 0.5) is 0 Å². The smallest absolute Gasteiger partial charge is 0.343 e. The Balaban J connectivity index is 0.00000180. The third-order valence-electron chi connectivity index (χ3n) is 10.9. The van der Waals surface area contributed by atoms with E-state index in [1.807, 2.05) is 45.9 Å². The number of epoxide rings is 1. The second-order valence-corrected chi connectivity index (χ2v) is 14.1. The summed E-state index contributed by atoms with van der Waals surface area (Å²) in [6.45, 7) is 14.9. The van der Waals surface area contributed by atoms with E-state index in [0.717, 1.165) is 12.0 Å². The van der Waals surface area contributed by atoms with Crippen molar-refractivity contribution < 1.29 is 33.7 Å². The Morgan fingerprint density at radius 1 is 1.07 bits per heavy atom. The van der Waals surface area contributed by atoms with Crippen molar-refractivity contribution in [2.75, 3.05) is 6.61 Å². The first-order valence-electron chi connectivity index (χ1n) is 15.7. The highest BCUT2D eigenvalue weighted by molar-refractivity contribution is 5.92. The number of carbonyl (C=O) groups excluding carboxylic acids is 3. The molecule has 1 heterocycles. The summed E-state index contributed by atoms with van der Waals surface area (Å²) in [6.07, 6.45) is 9.95. The highest BCUT2D eigenvalue weighted by Gasteiger charge is 2.81. The zero-order valence-electron chi connectivity index (χ0n) is 26.7. The molecule has 1 aromatic carbocycles. The molecule has 8 atom stereocenters. The Morgan fingerprint density at radius 2 is 1.74 bits per heavy atom. The van der Waals surface area contributed by atoms with E-state index in [-0.39, 0.29) is 23.9 Å². The quantitative estimate of drug-likeness (QED) is 0.314. The zero-order valence-corrected chi connectivity index (χ0v) is 26.7. The van der Waals surface area contributed by atoms with Gasteiger partial charge >= 0.3 is 11.9 Å². The Hall–Kier alpha value is -3.03. The van der Waals surface area contributed by atoms with Crippen LogP contribution in [0.3, 0.4) is 0 Å². The van der Waals surface area contributed by atoms with Crippen LogP contribution in [0, 0.1) is 34.0 Å². The molecule has 1 aromatic rings. The minimum atomic E-state index is -1.61. The molecule has 7 nitrogen and oxygen atoms in total. The second-order valence-electron chi connectivity index (χ2n) is 14.1. The summed E-state index contributed by atoms with van der Waals surface area (Å²) < 4.78 is 17.7. The lowest BCUT2D eigenvalue weighted by Crippen LogP contribution is -2.62. The molecule has 1 N–H and O–H groups in total. The first kappa shape index (κ1) is 31.4. The van der Waals surface area contributed by atoms with Gasteiger partial charge in [-0.05, 0) is 94.6 Å². The van der Waals surface area contributed by atoms with Crippen LogP contribution in [0.15, 0.2) is 66.0 Å². The second kappa shape index (κ2) is 10.6. The number of esters is 2. The predicted octanol–water partition coefficient (Wildman–Crippen LogP) is 6.37. The average Bonchev–Trinajstić information content (AvgIpc) is 3.66. The summed E-state index contributed by atoms with van der Waals surface area (Å²) in [5.41, 5.74) is -2.37. The van der Waals surface area contributed by atoms with Crippen molar-refractivity contribution in [3.63, 3.8) is 0 Å². The van der Waals surface area contributed by atoms with Crippen LogP contribution in [-0.4, -0.2) is 46.7 Å². The lowest BCUT2D eigenvalue weighted by atomic mass is 9.48. The van der Waals surface area contributed by atoms with Gasteiger partial charge in [0, 0.05) is 10.8 Å². The van der Waals surface area contributed by atoms with E-state index in [2.05, 4.69) is 19.1 Å². The molecule has 0 bridgehead atoms. The van der Waals surface area contributed by atoms with Gasteiger partial charge in [-0.25, -0.2) is 4.79 Å². The van der Waals surface area contributed by atoms with Crippen molar-refractivity contribution in [3.8, 4) is 0 Å². The molecule has 1 saturated heterocycles. The number of carbonyl (C=O) groups is 3. The van der Waals surface area contributed by atoms with Gasteiger partial charge < -0.3 is 19.3 Å². The van der Waals surface area contributed by atoms with Gasteiger partial charge in [0.2, 0.25) is 5.78 Å². The Labute approximate surface area is 255 Å². The van der Waals surface area contributed by atoms with Gasteiger partial charge in [0.15, 0.2) is 6.61 Å². The molecule has 7 heteroatoms. The van der Waals surface area contributed by atoms with Gasteiger partial charge in [0.25, 0.3) is 0 Å². The van der Waals surface area contributed by atoms with Gasteiger partial charge in [0.1, 0.15) is 17.0 Å². The third-order valence-corrected chi connectivity index (χ3v) is 10.9. The largest absolute Gasteiger partial charge is 0.457 e. The van der Waals surface area contributed by atoms with E-state index in [0.29, 0.717) is 24.2 Å². The standard InChI is InChI=1S/C34H40O7.C2H6/c1-20-16-25-24-13-12-22-17-23(40-28(36)21-10-8-7-9-11-21)14-15-31(22,5)34(24)27(41-34)18-32(25,6)33(20,38)26(35)19-39-29(37)30(2,3)4;1-2/h7-12,14-15,17,20,24-25,27,38H,13,16,18-19H2,1-6H3;1-2H3/t20-,24?,25?,27?,31?,32?,33+,34?;/m1./s1. The van der Waals surface area contributed by atoms with Crippen LogP contribution >= 0.6 is 0 Å². The molecule has 0 aromatic heterocycles. The van der Waals surface area contributed by atoms with Crippen LogP contribution in [0.2, 0.25) is 0 Å². The fourth-order valence-corrected chi connectivity index (χ4v) is 8.59. The molecule has 43 heavy (non-hydrogen) atoms. The zero-order chi connectivity index (χ0) is 31.6. The molecule has 6 rings (SSSR count). The van der Waals surface area contributed by atoms with E-state index < -0.39 is 51.8 Å². The number of aliphatic hydroxyl groups is 1. The van der Waals surface area contributed by atoms with Gasteiger partial charge in [-0.2, -0.15) is 0 Å². The molecule has 5 aliphatic rings. The van der Waals surface area contributed by atoms with Crippen LogP contribution < -0.4 is 0 Å². The Morgan fingerprint density at radius 3 is 2.40 bits per heavy atom. The monoisotopic (exact) mass is 590 g/mol. The van der Waals surface area contributed by atoms with Crippen LogP contribution in [0.5, 0.6) is 0 Å². The molecule has 0 radical (unpaired) electrons. The molecular weight excluding hydrogens is 544 g/mol. The number of ketones is 1. The molecule has 1 aliphatic heterocycles. The summed E-state index contributed by atoms with van der Waals surface area (Å²) in [6, 6.07) is 8.93. The molecule has 6 unspecified atom stereocenters. The summed E-state index contributed by atoms with van der Waals surface area (Å²) in [7, 11) is 0. The van der Waals surface area contributed by atoms with E-state index in [9.17, 15) is 19.5 Å². The number of benzene rings is 1. The molecule has 4 aliphatic carbocycles. The van der Waals surface area contributed by atoms with Crippen molar-refractivity contribution >= 4 is 17.7 Å². The van der Waals surface area contributed by atoms with Crippen LogP contribution in [-0.2, 0) is 23.8 Å². The van der Waals surface area contributed by atoms with Crippen molar-refractivity contribution in [2.24, 2.45) is 34.0 Å². The highest BCUT2D eigenvalue weighted by Crippen LogP contribution is 2.75. The number of hydrogen-bond donors (Lipinski definition) is 1. The van der Waals surface area contributed by atoms with Crippen molar-refractivity contribution in [3.05, 3.63) is 71.5 Å². The maximum absolute atomic E-state index is 13.6. The van der Waals surface area contributed by atoms with Gasteiger partial charge in [-0.1, -0.05) is 58.0 Å². The molecule has 2 saturated carbocycles. The molecule has 0 amide bonds. The number of fused-ring (bicyclic) bond motifs is 3. The van der Waals surface area contributed by atoms with E-state index >= 15 is 0 Å². The van der Waals surface area contributed by atoms with E-state index in [1.165, 1.54) is 0 Å². The maximum atomic E-state index is 13.6. The summed E-state index contributed by atoms with van der Waals surface area (Å²) in [5.74, 6) is -0.918. The Kier molecular flexibility index (Phi) is 7.70. The fraction of sp³-hybridized carbons (Fsp3) is 0.583. The number of rotatable bonds is 5. The minimum absolute atomic E-state index is 0.0489. The normalized spacial score (nSPS) is 38.4. The molecular formula is C36H46O7. The third kappa shape index (κ3) is 4.49. The fourth-order valence-electron chi connectivity index (χ4n) is 8.59. The number of hydrogen-bond acceptors (Lipinski definition) is 7. The Bertz CT molecular complexity index is 1400. The minimum Gasteiger partial charge on any atom is -0.457 e. The first-order chi connectivity index (χ1) is 20.2. The van der Waals surface area contributed by atoms with Crippen LogP contribution in [0.25, 0.3) is 0 Å². The molecule has 1 spiro atoms. The van der Waals surface area contributed by atoms with Crippen molar-refractivity contribution in [1.82, 2.24) is 0 Å². The predicted molar refractivity (Wildman–Crippen MR) is 163 cm³/mol.